The van der Waals surface area contributed by atoms with Gasteiger partial charge in [-0.3, -0.25) is 4.79 Å². The Labute approximate surface area is 234 Å². The number of hydrogen-bond donors (Lipinski definition) is 5. The molecule has 7 nitrogen and oxygen atoms in total. The number of aliphatic hydroxyl groups excluding tert-OH is 2. The molecule has 1 heterocycles. The van der Waals surface area contributed by atoms with Crippen LogP contribution in [0.25, 0.3) is 0 Å². The van der Waals surface area contributed by atoms with Crippen LogP contribution in [0.2, 0.25) is 0 Å². The first-order valence-corrected chi connectivity index (χ1v) is 15.4. The summed E-state index contributed by atoms with van der Waals surface area (Å²) < 4.78 is 0. The summed E-state index contributed by atoms with van der Waals surface area (Å²) in [6, 6.07) is 3.82. The number of aliphatic carboxylic acids is 1. The quantitative estimate of drug-likeness (QED) is 0.126. The molecule has 2 aliphatic carbocycles. The van der Waals surface area contributed by atoms with Crippen molar-refractivity contribution in [3.8, 4) is 0 Å². The SMILES string of the molecule is CCCCCC1C=CC(CCCCCC(C(=O)O)C(O)CCC2(O)CCC(Cc3ccnc(N)c3)C2)C(O)C1. The van der Waals surface area contributed by atoms with Crippen molar-refractivity contribution in [3.63, 3.8) is 0 Å². The maximum absolute atomic E-state index is 11.9. The summed E-state index contributed by atoms with van der Waals surface area (Å²) in [4.78, 5) is 15.9. The van der Waals surface area contributed by atoms with Gasteiger partial charge < -0.3 is 26.2 Å². The fraction of sp³-hybridized carbons (Fsp3) is 0.750. The van der Waals surface area contributed by atoms with Crippen molar-refractivity contribution in [3.05, 3.63) is 36.0 Å². The van der Waals surface area contributed by atoms with E-state index in [1.54, 1.807) is 6.20 Å². The maximum Gasteiger partial charge on any atom is 0.309 e. The minimum Gasteiger partial charge on any atom is -0.481 e. The number of anilines is 1. The molecule has 2 aliphatic rings. The molecular weight excluding hydrogens is 492 g/mol. The Kier molecular flexibility index (Phi) is 12.7. The Morgan fingerprint density at radius 1 is 1.15 bits per heavy atom. The zero-order chi connectivity index (χ0) is 28.3. The fourth-order valence-corrected chi connectivity index (χ4v) is 6.74. The van der Waals surface area contributed by atoms with E-state index in [0.717, 1.165) is 56.9 Å². The van der Waals surface area contributed by atoms with Crippen LogP contribution in [0.15, 0.2) is 30.5 Å². The highest BCUT2D eigenvalue weighted by atomic mass is 16.4. The van der Waals surface area contributed by atoms with Gasteiger partial charge in [-0.25, -0.2) is 4.98 Å². The number of hydrogen-bond acceptors (Lipinski definition) is 6. The van der Waals surface area contributed by atoms with Gasteiger partial charge in [0, 0.05) is 12.1 Å². The highest BCUT2D eigenvalue weighted by Crippen LogP contribution is 2.40. The summed E-state index contributed by atoms with van der Waals surface area (Å²) in [5.74, 6) is -0.245. The lowest BCUT2D eigenvalue weighted by Gasteiger charge is -2.28. The van der Waals surface area contributed by atoms with Gasteiger partial charge in [-0.05, 0) is 93.7 Å². The van der Waals surface area contributed by atoms with Crippen molar-refractivity contribution in [1.29, 1.82) is 0 Å². The molecule has 7 unspecified atom stereocenters. The van der Waals surface area contributed by atoms with Crippen LogP contribution < -0.4 is 5.73 Å². The van der Waals surface area contributed by atoms with E-state index in [-0.39, 0.29) is 12.0 Å². The number of unbranched alkanes of at least 4 members (excludes halogenated alkanes) is 4. The zero-order valence-corrected chi connectivity index (χ0v) is 23.9. The van der Waals surface area contributed by atoms with Gasteiger partial charge in [-0.2, -0.15) is 0 Å². The largest absolute Gasteiger partial charge is 0.481 e. The van der Waals surface area contributed by atoms with Crippen LogP contribution in [0.4, 0.5) is 5.82 Å². The predicted molar refractivity (Wildman–Crippen MR) is 155 cm³/mol. The topological polar surface area (TPSA) is 137 Å². The first-order valence-electron chi connectivity index (χ1n) is 15.4. The normalized spacial score (nSPS) is 28.4. The molecule has 3 rings (SSSR count). The molecule has 7 heteroatoms. The predicted octanol–water partition coefficient (Wildman–Crippen LogP) is 5.66. The van der Waals surface area contributed by atoms with Crippen LogP contribution >= 0.6 is 0 Å². The lowest BCUT2D eigenvalue weighted by Crippen LogP contribution is -2.32. The summed E-state index contributed by atoms with van der Waals surface area (Å²) in [7, 11) is 0. The number of carboxylic acid groups (broad SMARTS) is 1. The molecule has 0 aliphatic heterocycles. The van der Waals surface area contributed by atoms with Crippen LogP contribution in [0.1, 0.15) is 109 Å². The molecule has 0 amide bonds. The second-order valence-corrected chi connectivity index (χ2v) is 12.4. The van der Waals surface area contributed by atoms with Crippen LogP contribution in [-0.4, -0.2) is 49.2 Å². The second-order valence-electron chi connectivity index (χ2n) is 12.4. The first kappa shape index (κ1) is 31.6. The highest BCUT2D eigenvalue weighted by Gasteiger charge is 2.38. The Morgan fingerprint density at radius 3 is 2.67 bits per heavy atom. The molecule has 220 valence electrons. The van der Waals surface area contributed by atoms with Crippen LogP contribution in [0, 0.1) is 23.7 Å². The molecular formula is C32H52N2O5. The number of nitrogens with zero attached hydrogens (tertiary/aromatic N) is 1. The third-order valence-electron chi connectivity index (χ3n) is 9.14. The molecule has 7 atom stereocenters. The van der Waals surface area contributed by atoms with Crippen LogP contribution in [-0.2, 0) is 11.2 Å². The van der Waals surface area contributed by atoms with Gasteiger partial charge in [0.1, 0.15) is 5.82 Å². The Balaban J connectivity index is 1.34. The third-order valence-corrected chi connectivity index (χ3v) is 9.14. The van der Waals surface area contributed by atoms with E-state index in [0.29, 0.717) is 49.8 Å². The summed E-state index contributed by atoms with van der Waals surface area (Å²) >= 11 is 0. The first-order chi connectivity index (χ1) is 18.7. The van der Waals surface area contributed by atoms with E-state index in [2.05, 4.69) is 24.1 Å². The summed E-state index contributed by atoms with van der Waals surface area (Å²) in [5, 5.41) is 42.1. The average molecular weight is 545 g/mol. The van der Waals surface area contributed by atoms with Gasteiger partial charge in [0.15, 0.2) is 0 Å². The van der Waals surface area contributed by atoms with Crippen molar-refractivity contribution in [2.24, 2.45) is 23.7 Å². The molecule has 0 bridgehead atoms. The van der Waals surface area contributed by atoms with E-state index < -0.39 is 23.6 Å². The lowest BCUT2D eigenvalue weighted by atomic mass is 9.81. The number of carbonyl (C=O) groups is 1. The Bertz CT molecular complexity index is 908. The number of allylic oxidation sites excluding steroid dienone is 1. The van der Waals surface area contributed by atoms with Crippen molar-refractivity contribution >= 4 is 11.8 Å². The van der Waals surface area contributed by atoms with E-state index in [1.807, 2.05) is 12.1 Å². The number of aromatic nitrogens is 1. The molecule has 1 aromatic heterocycles. The molecule has 0 saturated heterocycles. The van der Waals surface area contributed by atoms with Gasteiger partial charge in [-0.15, -0.1) is 0 Å². The summed E-state index contributed by atoms with van der Waals surface area (Å²) in [6.07, 6.45) is 18.3. The molecule has 0 aromatic carbocycles. The fourth-order valence-electron chi connectivity index (χ4n) is 6.74. The highest BCUT2D eigenvalue weighted by molar-refractivity contribution is 5.70. The van der Waals surface area contributed by atoms with Crippen molar-refractivity contribution in [1.82, 2.24) is 4.98 Å². The monoisotopic (exact) mass is 544 g/mol. The zero-order valence-electron chi connectivity index (χ0n) is 23.9. The molecule has 1 fully saturated rings. The standard InChI is InChI=1S/C32H52N2O5/c1-2-3-5-8-23-11-12-26(29(36)20-23)9-6-4-7-10-27(31(37)38)28(35)14-17-32(39)16-13-25(22-32)19-24-15-18-34-30(33)21-24/h11-12,15,18,21,23,25-29,35-36,39H,2-10,13-14,16-17,19-20,22H2,1H3,(H2,33,34)(H,37,38). The van der Waals surface area contributed by atoms with Gasteiger partial charge in [0.05, 0.1) is 23.7 Å². The van der Waals surface area contributed by atoms with Crippen LogP contribution in [0.5, 0.6) is 0 Å². The van der Waals surface area contributed by atoms with E-state index in [9.17, 15) is 25.2 Å². The van der Waals surface area contributed by atoms with Gasteiger partial charge >= 0.3 is 5.97 Å². The Hall–Kier alpha value is -1.96. The number of aliphatic hydroxyl groups is 3. The van der Waals surface area contributed by atoms with Crippen molar-refractivity contribution in [2.75, 3.05) is 5.73 Å². The summed E-state index contributed by atoms with van der Waals surface area (Å²) in [6.45, 7) is 2.21. The lowest BCUT2D eigenvalue weighted by molar-refractivity contribution is -0.146. The van der Waals surface area contributed by atoms with E-state index >= 15 is 0 Å². The van der Waals surface area contributed by atoms with E-state index in [1.165, 1.54) is 19.3 Å². The number of pyridine rings is 1. The second kappa shape index (κ2) is 15.7. The molecule has 0 spiro atoms. The molecule has 1 aromatic rings. The average Bonchev–Trinajstić information content (AvgIpc) is 3.26. The van der Waals surface area contributed by atoms with Gasteiger partial charge in [0.25, 0.3) is 0 Å². The smallest absolute Gasteiger partial charge is 0.309 e. The molecule has 39 heavy (non-hydrogen) atoms. The van der Waals surface area contributed by atoms with Gasteiger partial charge in [-0.1, -0.05) is 57.6 Å². The van der Waals surface area contributed by atoms with E-state index in [4.69, 9.17) is 5.73 Å². The van der Waals surface area contributed by atoms with Gasteiger partial charge in [0.2, 0.25) is 0 Å². The number of rotatable bonds is 17. The maximum atomic E-state index is 11.9. The number of nitrogen functional groups attached to an aromatic ring is 1. The van der Waals surface area contributed by atoms with Crippen molar-refractivity contribution in [2.45, 2.75) is 127 Å². The minimum absolute atomic E-state index is 0.195. The molecule has 0 radical (unpaired) electrons. The van der Waals surface area contributed by atoms with Crippen LogP contribution in [0.3, 0.4) is 0 Å². The molecule has 6 N–H and O–H groups in total. The van der Waals surface area contributed by atoms with Crippen molar-refractivity contribution < 1.29 is 25.2 Å². The minimum atomic E-state index is -0.964. The number of carboxylic acids is 1. The third kappa shape index (κ3) is 10.5. The number of nitrogens with two attached hydrogens (primary N) is 1. The summed E-state index contributed by atoms with van der Waals surface area (Å²) in [5.41, 5.74) is 6.05. The molecule has 1 saturated carbocycles. The Morgan fingerprint density at radius 2 is 1.95 bits per heavy atom.